The van der Waals surface area contributed by atoms with E-state index in [0.29, 0.717) is 5.92 Å². The van der Waals surface area contributed by atoms with Crippen LogP contribution >= 0.6 is 34.8 Å². The van der Waals surface area contributed by atoms with Gasteiger partial charge < -0.3 is 5.32 Å². The highest BCUT2D eigenvalue weighted by molar-refractivity contribution is 14.1. The molecule has 0 saturated carbocycles. The lowest BCUT2D eigenvalue weighted by Gasteiger charge is -2.31. The van der Waals surface area contributed by atoms with Crippen LogP contribution in [0.3, 0.4) is 0 Å². The molecule has 1 nitrogen and oxygen atoms in total. The van der Waals surface area contributed by atoms with Crippen molar-refractivity contribution in [3.63, 3.8) is 0 Å². The first kappa shape index (κ1) is 13.3. The average molecular weight is 359 g/mol. The molecule has 2 aliphatic rings. The van der Waals surface area contributed by atoms with E-state index in [1.807, 2.05) is 0 Å². The second-order valence-corrected chi connectivity index (χ2v) is 5.95. The molecule has 3 heteroatoms. The van der Waals surface area contributed by atoms with Crippen LogP contribution < -0.4 is 5.32 Å². The number of nitrogens with one attached hydrogen (secondary N) is 1. The zero-order valence-corrected chi connectivity index (χ0v) is 13.3. The summed E-state index contributed by atoms with van der Waals surface area (Å²) in [6.45, 7) is 5.26. The summed E-state index contributed by atoms with van der Waals surface area (Å²) < 4.78 is 1.15. The molecule has 0 heterocycles. The van der Waals surface area contributed by atoms with Crippen LogP contribution in [0.5, 0.6) is 0 Å². The van der Waals surface area contributed by atoms with Gasteiger partial charge in [-0.15, -0.1) is 0 Å². The van der Waals surface area contributed by atoms with E-state index in [1.165, 1.54) is 29.7 Å². The molecule has 0 aromatic rings. The third kappa shape index (κ3) is 2.81. The maximum absolute atomic E-state index is 5.36. The lowest BCUT2D eigenvalue weighted by molar-refractivity contribution is 0.776. The Morgan fingerprint density at radius 2 is 2.29 bits per heavy atom. The molecule has 92 valence electrons. The molecule has 0 fully saturated rings. The average Bonchev–Trinajstić information content (AvgIpc) is 2.38. The van der Waals surface area contributed by atoms with Crippen molar-refractivity contribution in [1.29, 1.82) is 0 Å². The maximum atomic E-state index is 5.36. The van der Waals surface area contributed by atoms with Crippen LogP contribution in [0.4, 0.5) is 0 Å². The number of alkyl halides is 1. The second-order valence-electron chi connectivity index (χ2n) is 4.75. The summed E-state index contributed by atoms with van der Waals surface area (Å²) in [4.78, 5) is 1.09. The monoisotopic (exact) mass is 359 g/mol. The molecule has 17 heavy (non-hydrogen) atoms. The molecule has 1 unspecified atom stereocenters. The van der Waals surface area contributed by atoms with Gasteiger partial charge in [-0.25, -0.2) is 0 Å². The second kappa shape index (κ2) is 5.65. The van der Waals surface area contributed by atoms with Crippen LogP contribution in [0.15, 0.2) is 34.6 Å². The van der Waals surface area contributed by atoms with Gasteiger partial charge >= 0.3 is 0 Å². The number of hydrogen-bond donors (Lipinski definition) is 1. The molecule has 0 amide bonds. The molecule has 2 rings (SSSR count). The summed E-state index contributed by atoms with van der Waals surface area (Å²) in [5.74, 6) is 0.494. The number of halogens is 1. The highest BCUT2D eigenvalue weighted by Crippen LogP contribution is 2.30. The third-order valence-corrected chi connectivity index (χ3v) is 5.12. The van der Waals surface area contributed by atoms with Crippen molar-refractivity contribution in [3.05, 3.63) is 34.6 Å². The van der Waals surface area contributed by atoms with Gasteiger partial charge in [0.05, 0.1) is 0 Å². The van der Waals surface area contributed by atoms with E-state index in [-0.39, 0.29) is 0 Å². The number of thiocarbonyl (C=S) groups is 1. The Hall–Kier alpha value is -0.160. The predicted molar refractivity (Wildman–Crippen MR) is 86.8 cm³/mol. The van der Waals surface area contributed by atoms with Crippen LogP contribution in [0.1, 0.15) is 26.7 Å². The minimum Gasteiger partial charge on any atom is -0.380 e. The smallest absolute Gasteiger partial charge is 0.0486 e. The normalized spacial score (nSPS) is 24.2. The summed E-state index contributed by atoms with van der Waals surface area (Å²) in [6.07, 6.45) is 7.09. The van der Waals surface area contributed by atoms with Crippen LogP contribution in [-0.4, -0.2) is 15.8 Å². The van der Waals surface area contributed by atoms with E-state index in [1.54, 1.807) is 5.57 Å². The molecule has 0 radical (unpaired) electrons. The fraction of sp³-hybridized carbons (Fsp3) is 0.500. The fourth-order valence-electron chi connectivity index (χ4n) is 2.23. The largest absolute Gasteiger partial charge is 0.380 e. The van der Waals surface area contributed by atoms with Crippen molar-refractivity contribution in [3.8, 4) is 0 Å². The Labute approximate surface area is 123 Å². The van der Waals surface area contributed by atoms with Gasteiger partial charge in [-0.05, 0) is 30.9 Å². The van der Waals surface area contributed by atoms with Crippen molar-refractivity contribution in [2.24, 2.45) is 5.92 Å². The fourth-order valence-corrected chi connectivity index (χ4v) is 3.24. The van der Waals surface area contributed by atoms with Crippen LogP contribution in [0.25, 0.3) is 0 Å². The molecule has 0 bridgehead atoms. The molecule has 0 saturated heterocycles. The highest BCUT2D eigenvalue weighted by atomic mass is 127. The van der Waals surface area contributed by atoms with Crippen LogP contribution in [0.2, 0.25) is 0 Å². The van der Waals surface area contributed by atoms with Gasteiger partial charge in [0.2, 0.25) is 0 Å². The summed E-state index contributed by atoms with van der Waals surface area (Å²) in [5, 5.41) is 3.49. The quantitative estimate of drug-likeness (QED) is 0.463. The van der Waals surface area contributed by atoms with Gasteiger partial charge in [-0.3, -0.25) is 0 Å². The van der Waals surface area contributed by atoms with Crippen molar-refractivity contribution >= 4 is 39.7 Å². The van der Waals surface area contributed by atoms with E-state index in [0.717, 1.165) is 15.8 Å². The van der Waals surface area contributed by atoms with E-state index in [2.05, 4.69) is 53.9 Å². The summed E-state index contributed by atoms with van der Waals surface area (Å²) in [5.41, 5.74) is 5.58. The molecule has 0 aliphatic heterocycles. The lowest BCUT2D eigenvalue weighted by Crippen LogP contribution is -2.35. The molecule has 0 aromatic heterocycles. The summed E-state index contributed by atoms with van der Waals surface area (Å²) >= 11 is 7.80. The Bertz CT molecular complexity index is 432. The van der Waals surface area contributed by atoms with Crippen molar-refractivity contribution in [2.75, 3.05) is 11.0 Å². The van der Waals surface area contributed by atoms with E-state index < -0.39 is 0 Å². The van der Waals surface area contributed by atoms with Gasteiger partial charge in [-0.2, -0.15) is 0 Å². The topological polar surface area (TPSA) is 12.0 Å². The highest BCUT2D eigenvalue weighted by Gasteiger charge is 2.28. The third-order valence-electron chi connectivity index (χ3n) is 3.59. The Morgan fingerprint density at radius 3 is 2.94 bits per heavy atom. The zero-order valence-electron chi connectivity index (χ0n) is 10.3. The number of rotatable bonds is 4. The molecular weight excluding hydrogens is 341 g/mol. The minimum atomic E-state index is 0.494. The Kier molecular flexibility index (Phi) is 4.42. The van der Waals surface area contributed by atoms with E-state index in [4.69, 9.17) is 12.2 Å². The predicted octanol–water partition coefficient (Wildman–Crippen LogP) is 3.95. The maximum Gasteiger partial charge on any atom is 0.0486 e. The van der Waals surface area contributed by atoms with Gasteiger partial charge in [-0.1, -0.05) is 59.5 Å². The Morgan fingerprint density at radius 1 is 1.53 bits per heavy atom. The summed E-state index contributed by atoms with van der Waals surface area (Å²) in [6, 6.07) is 0. The van der Waals surface area contributed by atoms with Crippen LogP contribution in [-0.2, 0) is 0 Å². The standard InChI is InChI=1S/C14H18INS/c1-9-10(2)14(17)13(9)16-8-12-5-3-4-11(6-12)7-15/h5-6,10,16H,3-4,7-8H2,1-2H3. The van der Waals surface area contributed by atoms with Crippen molar-refractivity contribution < 1.29 is 0 Å². The molecule has 1 N–H and O–H groups in total. The first-order chi connectivity index (χ1) is 8.13. The van der Waals surface area contributed by atoms with Crippen molar-refractivity contribution in [2.45, 2.75) is 26.7 Å². The first-order valence-electron chi connectivity index (χ1n) is 6.06. The van der Waals surface area contributed by atoms with Gasteiger partial charge in [0.15, 0.2) is 0 Å². The number of allylic oxidation sites excluding steroid dienone is 4. The van der Waals surface area contributed by atoms with E-state index in [9.17, 15) is 0 Å². The Balaban J connectivity index is 1.94. The van der Waals surface area contributed by atoms with Crippen LogP contribution in [0, 0.1) is 5.92 Å². The molecule has 0 aromatic carbocycles. The van der Waals surface area contributed by atoms with Gasteiger partial charge in [0.1, 0.15) is 0 Å². The van der Waals surface area contributed by atoms with Crippen molar-refractivity contribution in [1.82, 2.24) is 5.32 Å². The zero-order chi connectivity index (χ0) is 12.4. The molecular formula is C14H18INS. The summed E-state index contributed by atoms with van der Waals surface area (Å²) in [7, 11) is 0. The van der Waals surface area contributed by atoms with Gasteiger partial charge in [0.25, 0.3) is 0 Å². The number of hydrogen-bond acceptors (Lipinski definition) is 2. The molecule has 0 spiro atoms. The molecule has 1 atom stereocenters. The van der Waals surface area contributed by atoms with Gasteiger partial charge in [0, 0.05) is 27.5 Å². The van der Waals surface area contributed by atoms with E-state index >= 15 is 0 Å². The minimum absolute atomic E-state index is 0.494. The SMILES string of the molecule is CC1=C(NCC2=CCCC(CI)=C2)C(=S)C1C. The molecule has 2 aliphatic carbocycles. The first-order valence-corrected chi connectivity index (χ1v) is 8.00. The lowest BCUT2D eigenvalue weighted by atomic mass is 9.83.